The lowest BCUT2D eigenvalue weighted by Gasteiger charge is -2.23. The predicted octanol–water partition coefficient (Wildman–Crippen LogP) is 3.21. The van der Waals surface area contributed by atoms with Crippen LogP contribution in [-0.4, -0.2) is 64.1 Å². The number of rotatable bonds is 11. The Labute approximate surface area is 154 Å². The smallest absolute Gasteiger partial charge is 0.193 e. The summed E-state index contributed by atoms with van der Waals surface area (Å²) >= 11 is 0. The first-order valence-electron chi connectivity index (χ1n) is 9.27. The molecule has 0 heterocycles. The molecule has 0 fully saturated rings. The zero-order valence-corrected chi connectivity index (χ0v) is 16.7. The average Bonchev–Trinajstić information content (AvgIpc) is 2.60. The number of hydrogen-bond donors (Lipinski definition) is 1. The minimum Gasteiger partial charge on any atom is -0.496 e. The van der Waals surface area contributed by atoms with Crippen molar-refractivity contribution in [3.8, 4) is 5.75 Å². The predicted molar refractivity (Wildman–Crippen MR) is 107 cm³/mol. The van der Waals surface area contributed by atoms with Gasteiger partial charge in [0.2, 0.25) is 0 Å². The molecule has 0 saturated heterocycles. The van der Waals surface area contributed by atoms with Crippen LogP contribution in [0.25, 0.3) is 0 Å². The molecule has 142 valence electrons. The summed E-state index contributed by atoms with van der Waals surface area (Å²) in [5.41, 5.74) is 1.16. The normalized spacial score (nSPS) is 11.7. The van der Waals surface area contributed by atoms with E-state index < -0.39 is 0 Å². The molecule has 5 nitrogen and oxygen atoms in total. The van der Waals surface area contributed by atoms with Gasteiger partial charge in [-0.3, -0.25) is 4.99 Å². The van der Waals surface area contributed by atoms with Gasteiger partial charge < -0.3 is 19.9 Å². The van der Waals surface area contributed by atoms with E-state index in [9.17, 15) is 0 Å². The number of nitrogens with zero attached hydrogens (tertiary/aromatic N) is 3. The third-order valence-electron chi connectivity index (χ3n) is 4.24. The lowest BCUT2D eigenvalue weighted by molar-refractivity contribution is 0.389. The van der Waals surface area contributed by atoms with Crippen molar-refractivity contribution < 1.29 is 4.74 Å². The van der Waals surface area contributed by atoms with Crippen LogP contribution >= 0.6 is 0 Å². The molecule has 0 bridgehead atoms. The fourth-order valence-corrected chi connectivity index (χ4v) is 2.83. The first kappa shape index (κ1) is 21.3. The van der Waals surface area contributed by atoms with Crippen molar-refractivity contribution in [3.05, 3.63) is 29.8 Å². The van der Waals surface area contributed by atoms with Crippen LogP contribution in [0.5, 0.6) is 5.75 Å². The zero-order chi connectivity index (χ0) is 18.5. The van der Waals surface area contributed by atoms with Gasteiger partial charge in [-0.25, -0.2) is 0 Å². The third kappa shape index (κ3) is 8.77. The molecular formula is C20H36N4O. The van der Waals surface area contributed by atoms with Crippen molar-refractivity contribution in [1.82, 2.24) is 15.1 Å². The Bertz CT molecular complexity index is 502. The van der Waals surface area contributed by atoms with Crippen molar-refractivity contribution in [1.29, 1.82) is 0 Å². The molecule has 25 heavy (non-hydrogen) atoms. The van der Waals surface area contributed by atoms with Gasteiger partial charge in [-0.2, -0.15) is 0 Å². The maximum atomic E-state index is 5.43. The summed E-state index contributed by atoms with van der Waals surface area (Å²) in [5, 5.41) is 3.46. The monoisotopic (exact) mass is 348 g/mol. The minimum absolute atomic E-state index is 0.772. The van der Waals surface area contributed by atoms with Crippen LogP contribution in [-0.2, 0) is 6.54 Å². The molecule has 0 aliphatic rings. The molecule has 0 amide bonds. The first-order valence-corrected chi connectivity index (χ1v) is 9.27. The summed E-state index contributed by atoms with van der Waals surface area (Å²) in [6.07, 6.45) is 6.38. The molecule has 1 aromatic carbocycles. The minimum atomic E-state index is 0.772. The highest BCUT2D eigenvalue weighted by Gasteiger charge is 2.09. The van der Waals surface area contributed by atoms with Crippen LogP contribution in [0.1, 0.15) is 37.7 Å². The SMILES string of the molecule is CN=C(NCCCCCCCN(C)C)N(C)Cc1ccccc1OC. The summed E-state index contributed by atoms with van der Waals surface area (Å²) < 4.78 is 5.43. The molecular weight excluding hydrogens is 312 g/mol. The van der Waals surface area contributed by atoms with Gasteiger partial charge in [-0.05, 0) is 39.5 Å². The van der Waals surface area contributed by atoms with E-state index in [1.54, 1.807) is 7.11 Å². The van der Waals surface area contributed by atoms with Gasteiger partial charge in [0.25, 0.3) is 0 Å². The zero-order valence-electron chi connectivity index (χ0n) is 16.7. The fraction of sp³-hybridized carbons (Fsp3) is 0.650. The number of nitrogens with one attached hydrogen (secondary N) is 1. The average molecular weight is 349 g/mol. The third-order valence-corrected chi connectivity index (χ3v) is 4.24. The summed E-state index contributed by atoms with van der Waals surface area (Å²) in [7, 11) is 9.88. The van der Waals surface area contributed by atoms with E-state index in [1.807, 2.05) is 25.2 Å². The Balaban J connectivity index is 2.27. The highest BCUT2D eigenvalue weighted by Crippen LogP contribution is 2.18. The van der Waals surface area contributed by atoms with Crippen LogP contribution in [0.4, 0.5) is 0 Å². The molecule has 0 radical (unpaired) electrons. The quantitative estimate of drug-likeness (QED) is 0.379. The lowest BCUT2D eigenvalue weighted by Crippen LogP contribution is -2.38. The number of ether oxygens (including phenoxy) is 1. The molecule has 1 N–H and O–H groups in total. The number of guanidine groups is 1. The number of para-hydroxylation sites is 1. The Morgan fingerprint density at radius 3 is 2.40 bits per heavy atom. The van der Waals surface area contributed by atoms with Gasteiger partial charge in [-0.1, -0.05) is 37.5 Å². The molecule has 1 aromatic rings. The van der Waals surface area contributed by atoms with Crippen LogP contribution in [0.2, 0.25) is 0 Å². The molecule has 1 rings (SSSR count). The van der Waals surface area contributed by atoms with Gasteiger partial charge in [0.1, 0.15) is 5.75 Å². The van der Waals surface area contributed by atoms with Crippen molar-refractivity contribution >= 4 is 5.96 Å². The van der Waals surface area contributed by atoms with Gasteiger partial charge in [-0.15, -0.1) is 0 Å². The molecule has 0 unspecified atom stereocenters. The van der Waals surface area contributed by atoms with Crippen LogP contribution in [0.3, 0.4) is 0 Å². The Morgan fingerprint density at radius 2 is 1.72 bits per heavy atom. The first-order chi connectivity index (χ1) is 12.1. The van der Waals surface area contributed by atoms with Gasteiger partial charge in [0, 0.05) is 32.7 Å². The Hall–Kier alpha value is -1.75. The van der Waals surface area contributed by atoms with E-state index in [4.69, 9.17) is 4.74 Å². The molecule has 0 atom stereocenters. The van der Waals surface area contributed by atoms with E-state index in [-0.39, 0.29) is 0 Å². The second kappa shape index (κ2) is 12.6. The second-order valence-corrected chi connectivity index (χ2v) is 6.71. The topological polar surface area (TPSA) is 40.1 Å². The largest absolute Gasteiger partial charge is 0.496 e. The summed E-state index contributed by atoms with van der Waals surface area (Å²) in [4.78, 5) is 8.78. The highest BCUT2D eigenvalue weighted by atomic mass is 16.5. The van der Waals surface area contributed by atoms with E-state index in [1.165, 1.54) is 38.6 Å². The Morgan fingerprint density at radius 1 is 1.04 bits per heavy atom. The van der Waals surface area contributed by atoms with Crippen molar-refractivity contribution in [2.24, 2.45) is 4.99 Å². The second-order valence-electron chi connectivity index (χ2n) is 6.71. The molecule has 0 aromatic heterocycles. The molecule has 0 aliphatic carbocycles. The fourth-order valence-electron chi connectivity index (χ4n) is 2.83. The van der Waals surface area contributed by atoms with Crippen molar-refractivity contribution in [2.45, 2.75) is 38.6 Å². The maximum Gasteiger partial charge on any atom is 0.193 e. The van der Waals surface area contributed by atoms with E-state index in [0.29, 0.717) is 0 Å². The molecule has 5 heteroatoms. The summed E-state index contributed by atoms with van der Waals surface area (Å²) in [6.45, 7) is 2.93. The van der Waals surface area contributed by atoms with Crippen molar-refractivity contribution in [2.75, 3.05) is 48.4 Å². The summed E-state index contributed by atoms with van der Waals surface area (Å²) in [5.74, 6) is 1.85. The molecule has 0 aliphatic heterocycles. The summed E-state index contributed by atoms with van der Waals surface area (Å²) in [6, 6.07) is 8.12. The number of unbranched alkanes of at least 4 members (excludes halogenated alkanes) is 4. The lowest BCUT2D eigenvalue weighted by atomic mass is 10.1. The molecule has 0 spiro atoms. The van der Waals surface area contributed by atoms with Crippen LogP contribution in [0.15, 0.2) is 29.3 Å². The van der Waals surface area contributed by atoms with Gasteiger partial charge in [0.15, 0.2) is 5.96 Å². The van der Waals surface area contributed by atoms with Crippen LogP contribution in [0, 0.1) is 0 Å². The molecule has 0 saturated carbocycles. The van der Waals surface area contributed by atoms with E-state index in [2.05, 4.69) is 47.3 Å². The highest BCUT2D eigenvalue weighted by molar-refractivity contribution is 5.79. The van der Waals surface area contributed by atoms with E-state index in [0.717, 1.165) is 30.4 Å². The standard InChI is InChI=1S/C20H36N4O/c1-21-20(22-15-11-7-6-8-12-16-23(2)3)24(4)17-18-13-9-10-14-19(18)25-5/h9-10,13-14H,6-8,11-12,15-17H2,1-5H3,(H,21,22). The number of benzene rings is 1. The van der Waals surface area contributed by atoms with Gasteiger partial charge in [0.05, 0.1) is 7.11 Å². The maximum absolute atomic E-state index is 5.43. The number of aliphatic imine (C=N–C) groups is 1. The van der Waals surface area contributed by atoms with Gasteiger partial charge >= 0.3 is 0 Å². The number of hydrogen-bond acceptors (Lipinski definition) is 3. The number of methoxy groups -OCH3 is 1. The Kier molecular flexibility index (Phi) is 10.7. The van der Waals surface area contributed by atoms with Crippen LogP contribution < -0.4 is 10.1 Å². The van der Waals surface area contributed by atoms with Crippen molar-refractivity contribution in [3.63, 3.8) is 0 Å². The van der Waals surface area contributed by atoms with E-state index >= 15 is 0 Å².